The summed E-state index contributed by atoms with van der Waals surface area (Å²) in [6.07, 6.45) is 1.27. The molecule has 1 aromatic rings. The van der Waals surface area contributed by atoms with Gasteiger partial charge in [0, 0.05) is 45.2 Å². The molecule has 0 saturated heterocycles. The van der Waals surface area contributed by atoms with Crippen LogP contribution in [-0.4, -0.2) is 96.2 Å². The lowest BCUT2D eigenvalue weighted by molar-refractivity contribution is -0.122. The molecule has 0 radical (unpaired) electrons. The summed E-state index contributed by atoms with van der Waals surface area (Å²) < 4.78 is 21.5. The first-order chi connectivity index (χ1) is 17.0. The van der Waals surface area contributed by atoms with E-state index in [0.717, 1.165) is 11.8 Å². The van der Waals surface area contributed by atoms with Crippen molar-refractivity contribution in [3.05, 3.63) is 29.8 Å². The number of amides is 3. The molecule has 0 saturated carbocycles. The SMILES string of the molecule is CN(N)CCOCCOCCOCCOCCC(=O)NCc1ccc(NC(=O)NCCC=O)cc1. The molecule has 0 fully saturated rings. The zero-order valence-corrected chi connectivity index (χ0v) is 20.5. The van der Waals surface area contributed by atoms with E-state index in [4.69, 9.17) is 24.8 Å². The first kappa shape index (κ1) is 30.4. The molecule has 198 valence electrons. The van der Waals surface area contributed by atoms with Crippen molar-refractivity contribution in [2.24, 2.45) is 5.84 Å². The molecule has 1 rings (SSSR count). The minimum Gasteiger partial charge on any atom is -0.379 e. The van der Waals surface area contributed by atoms with Gasteiger partial charge in [-0.3, -0.25) is 10.6 Å². The van der Waals surface area contributed by atoms with E-state index in [9.17, 15) is 14.4 Å². The second kappa shape index (κ2) is 20.7. The van der Waals surface area contributed by atoms with Gasteiger partial charge in [0.25, 0.3) is 0 Å². The molecule has 5 N–H and O–H groups in total. The molecule has 0 heterocycles. The molecule has 0 unspecified atom stereocenters. The number of nitrogens with two attached hydrogens (primary N) is 1. The largest absolute Gasteiger partial charge is 0.379 e. The highest BCUT2D eigenvalue weighted by molar-refractivity contribution is 5.89. The maximum absolute atomic E-state index is 11.9. The van der Waals surface area contributed by atoms with E-state index in [1.54, 1.807) is 24.2 Å². The Hall–Kier alpha value is -2.61. The topological polar surface area (TPSA) is 153 Å². The van der Waals surface area contributed by atoms with Crippen LogP contribution in [-0.2, 0) is 35.1 Å². The highest BCUT2D eigenvalue weighted by atomic mass is 16.6. The Labute approximate surface area is 206 Å². The average molecular weight is 498 g/mol. The number of carbonyl (C=O) groups excluding carboxylic acids is 3. The van der Waals surface area contributed by atoms with Gasteiger partial charge in [0.2, 0.25) is 5.91 Å². The second-order valence-electron chi connectivity index (χ2n) is 7.49. The Morgan fingerprint density at radius 2 is 1.46 bits per heavy atom. The molecule has 0 spiro atoms. The van der Waals surface area contributed by atoms with Crippen LogP contribution < -0.4 is 21.8 Å². The van der Waals surface area contributed by atoms with Crippen LogP contribution >= 0.6 is 0 Å². The predicted molar refractivity (Wildman–Crippen MR) is 131 cm³/mol. The molecule has 12 heteroatoms. The maximum Gasteiger partial charge on any atom is 0.319 e. The molecule has 35 heavy (non-hydrogen) atoms. The Morgan fingerprint density at radius 3 is 2.03 bits per heavy atom. The number of benzene rings is 1. The van der Waals surface area contributed by atoms with Gasteiger partial charge in [-0.15, -0.1) is 0 Å². The Bertz CT molecular complexity index is 704. The quantitative estimate of drug-likeness (QED) is 0.0811. The molecule has 0 aliphatic rings. The summed E-state index contributed by atoms with van der Waals surface area (Å²) in [4.78, 5) is 33.8. The van der Waals surface area contributed by atoms with Crippen LogP contribution in [0.4, 0.5) is 10.5 Å². The Morgan fingerprint density at radius 1 is 0.886 bits per heavy atom. The molecular weight excluding hydrogens is 458 g/mol. The monoisotopic (exact) mass is 497 g/mol. The smallest absolute Gasteiger partial charge is 0.319 e. The van der Waals surface area contributed by atoms with Gasteiger partial charge in [-0.05, 0) is 17.7 Å². The number of nitrogens with one attached hydrogen (secondary N) is 3. The van der Waals surface area contributed by atoms with Crippen molar-refractivity contribution >= 4 is 23.9 Å². The summed E-state index contributed by atoms with van der Waals surface area (Å²) in [5, 5.41) is 9.62. The van der Waals surface area contributed by atoms with Crippen molar-refractivity contribution in [1.82, 2.24) is 15.6 Å². The van der Waals surface area contributed by atoms with Crippen molar-refractivity contribution in [1.29, 1.82) is 0 Å². The minimum absolute atomic E-state index is 0.114. The van der Waals surface area contributed by atoms with Gasteiger partial charge in [-0.2, -0.15) is 0 Å². The van der Waals surface area contributed by atoms with Crippen molar-refractivity contribution in [2.75, 3.05) is 78.3 Å². The lowest BCUT2D eigenvalue weighted by atomic mass is 10.2. The van der Waals surface area contributed by atoms with Crippen LogP contribution in [0.15, 0.2) is 24.3 Å². The number of hydrogen-bond acceptors (Lipinski definition) is 9. The summed E-state index contributed by atoms with van der Waals surface area (Å²) in [7, 11) is 1.78. The number of nitrogens with zero attached hydrogens (tertiary/aromatic N) is 1. The van der Waals surface area contributed by atoms with E-state index in [1.165, 1.54) is 0 Å². The van der Waals surface area contributed by atoms with Gasteiger partial charge in [0.15, 0.2) is 0 Å². The number of rotatable bonds is 21. The summed E-state index contributed by atoms with van der Waals surface area (Å²) in [6.45, 7) is 5.02. The lowest BCUT2D eigenvalue weighted by Gasteiger charge is -2.10. The number of aldehydes is 1. The summed E-state index contributed by atoms with van der Waals surface area (Å²) >= 11 is 0. The van der Waals surface area contributed by atoms with Crippen molar-refractivity contribution in [3.63, 3.8) is 0 Å². The highest BCUT2D eigenvalue weighted by Crippen LogP contribution is 2.09. The fourth-order valence-electron chi connectivity index (χ4n) is 2.55. The molecule has 12 nitrogen and oxygen atoms in total. The van der Waals surface area contributed by atoms with Gasteiger partial charge in [0.05, 0.1) is 52.9 Å². The van der Waals surface area contributed by atoms with E-state index in [2.05, 4.69) is 16.0 Å². The number of ether oxygens (including phenoxy) is 4. The number of likely N-dealkylation sites (N-methyl/N-ethyl adjacent to an activating group) is 1. The van der Waals surface area contributed by atoms with Crippen molar-refractivity contribution < 1.29 is 33.3 Å². The molecular formula is C23H39N5O7. The molecule has 0 aromatic heterocycles. The van der Waals surface area contributed by atoms with E-state index in [-0.39, 0.29) is 31.3 Å². The Kier molecular flexibility index (Phi) is 18.0. The second-order valence-corrected chi connectivity index (χ2v) is 7.49. The molecule has 0 bridgehead atoms. The minimum atomic E-state index is -0.375. The van der Waals surface area contributed by atoms with E-state index >= 15 is 0 Å². The summed E-state index contributed by atoms with van der Waals surface area (Å²) in [5.41, 5.74) is 1.52. The fraction of sp³-hybridized carbons (Fsp3) is 0.609. The van der Waals surface area contributed by atoms with Crippen LogP contribution in [0.5, 0.6) is 0 Å². The van der Waals surface area contributed by atoms with Crippen molar-refractivity contribution in [2.45, 2.75) is 19.4 Å². The van der Waals surface area contributed by atoms with Gasteiger partial charge in [0.1, 0.15) is 6.29 Å². The summed E-state index contributed by atoms with van der Waals surface area (Å²) in [5.74, 6) is 5.35. The van der Waals surface area contributed by atoms with Crippen LogP contribution in [0.3, 0.4) is 0 Å². The molecule has 0 aliphatic heterocycles. The molecule has 0 atom stereocenters. The summed E-state index contributed by atoms with van der Waals surface area (Å²) in [6, 6.07) is 6.73. The van der Waals surface area contributed by atoms with E-state index < -0.39 is 0 Å². The van der Waals surface area contributed by atoms with Crippen LogP contribution in [0, 0.1) is 0 Å². The zero-order valence-electron chi connectivity index (χ0n) is 20.5. The number of carbonyl (C=O) groups is 3. The maximum atomic E-state index is 11.9. The lowest BCUT2D eigenvalue weighted by Crippen LogP contribution is -2.30. The fourth-order valence-corrected chi connectivity index (χ4v) is 2.55. The van der Waals surface area contributed by atoms with Gasteiger partial charge in [-0.1, -0.05) is 12.1 Å². The molecule has 1 aromatic carbocycles. The predicted octanol–water partition coefficient (Wildman–Crippen LogP) is 0.275. The van der Waals surface area contributed by atoms with Gasteiger partial charge in [-0.25, -0.2) is 9.80 Å². The number of hydrazine groups is 1. The Balaban J connectivity index is 1.95. The number of hydrogen-bond donors (Lipinski definition) is 4. The average Bonchev–Trinajstić information content (AvgIpc) is 2.83. The first-order valence-electron chi connectivity index (χ1n) is 11.6. The third-order valence-corrected chi connectivity index (χ3v) is 4.43. The van der Waals surface area contributed by atoms with Crippen LogP contribution in [0.25, 0.3) is 0 Å². The molecule has 3 amide bonds. The first-order valence-corrected chi connectivity index (χ1v) is 11.6. The van der Waals surface area contributed by atoms with E-state index in [1.807, 2.05) is 12.1 Å². The van der Waals surface area contributed by atoms with E-state index in [0.29, 0.717) is 71.6 Å². The zero-order chi connectivity index (χ0) is 25.6. The third-order valence-electron chi connectivity index (χ3n) is 4.43. The number of urea groups is 1. The number of anilines is 1. The molecule has 0 aliphatic carbocycles. The van der Waals surface area contributed by atoms with Gasteiger partial charge >= 0.3 is 6.03 Å². The van der Waals surface area contributed by atoms with Crippen LogP contribution in [0.2, 0.25) is 0 Å². The standard InChI is InChI=1S/C23H39N5O7/c1-28(24)9-12-33-14-16-35-18-17-34-15-13-32-11-7-22(30)26-19-20-3-5-21(6-4-20)27-23(31)25-8-2-10-29/h3-6,10H,2,7-9,11-19,24H2,1H3,(H,26,30)(H2,25,27,31). The van der Waals surface area contributed by atoms with Crippen LogP contribution in [0.1, 0.15) is 18.4 Å². The third kappa shape index (κ3) is 18.4. The normalized spacial score (nSPS) is 10.8. The van der Waals surface area contributed by atoms with Gasteiger partial charge < -0.3 is 39.7 Å². The van der Waals surface area contributed by atoms with Crippen molar-refractivity contribution in [3.8, 4) is 0 Å². The highest BCUT2D eigenvalue weighted by Gasteiger charge is 2.04.